The number of nitrogens with one attached hydrogen (secondary N) is 1. The molecule has 0 spiro atoms. The Morgan fingerprint density at radius 3 is 2.59 bits per heavy atom. The smallest absolute Gasteiger partial charge is 0.340 e. The highest BCUT2D eigenvalue weighted by Gasteiger charge is 2.20. The molecule has 1 aromatic heterocycles. The van der Waals surface area contributed by atoms with Crippen molar-refractivity contribution in [1.29, 1.82) is 0 Å². The number of carbonyl (C=O) groups is 2. The van der Waals surface area contributed by atoms with E-state index >= 15 is 0 Å². The van der Waals surface area contributed by atoms with Crippen LogP contribution in [0, 0.1) is 17.0 Å². The second kappa shape index (κ2) is 9.73. The molecule has 0 saturated carbocycles. The van der Waals surface area contributed by atoms with Gasteiger partial charge in [-0.3, -0.25) is 14.9 Å². The zero-order valence-electron chi connectivity index (χ0n) is 17.8. The third kappa shape index (κ3) is 4.91. The highest BCUT2D eigenvalue weighted by molar-refractivity contribution is 6.06. The van der Waals surface area contributed by atoms with Crippen molar-refractivity contribution < 1.29 is 24.0 Å². The number of hydrogen-bond donors (Lipinski definition) is 1. The molecular formula is C22H22N4O6. The molecule has 0 aliphatic carbocycles. The van der Waals surface area contributed by atoms with Crippen LogP contribution >= 0.6 is 0 Å². The van der Waals surface area contributed by atoms with Crippen molar-refractivity contribution in [3.8, 4) is 5.75 Å². The Labute approximate surface area is 183 Å². The zero-order valence-corrected chi connectivity index (χ0v) is 17.8. The Bertz CT molecular complexity index is 1200. The highest BCUT2D eigenvalue weighted by Crippen LogP contribution is 2.29. The van der Waals surface area contributed by atoms with Gasteiger partial charge in [-0.25, -0.2) is 10.2 Å². The molecule has 32 heavy (non-hydrogen) atoms. The van der Waals surface area contributed by atoms with Gasteiger partial charge in [0.25, 0.3) is 11.6 Å². The monoisotopic (exact) mass is 438 g/mol. The first-order valence-corrected chi connectivity index (χ1v) is 9.77. The lowest BCUT2D eigenvalue weighted by Crippen LogP contribution is -2.24. The Kier molecular flexibility index (Phi) is 6.83. The van der Waals surface area contributed by atoms with Crippen LogP contribution in [0.5, 0.6) is 5.75 Å². The average molecular weight is 438 g/mol. The maximum Gasteiger partial charge on any atom is 0.340 e. The van der Waals surface area contributed by atoms with Crippen LogP contribution in [-0.2, 0) is 16.6 Å². The van der Waals surface area contributed by atoms with E-state index < -0.39 is 16.8 Å². The fourth-order valence-corrected chi connectivity index (χ4v) is 3.14. The molecule has 10 heteroatoms. The number of non-ortho nitro benzene ring substituents is 1. The molecule has 0 unspecified atom stereocenters. The van der Waals surface area contributed by atoms with Gasteiger partial charge >= 0.3 is 5.97 Å². The van der Waals surface area contributed by atoms with Crippen molar-refractivity contribution >= 4 is 34.7 Å². The maximum atomic E-state index is 12.4. The number of hydrogen-bond acceptors (Lipinski definition) is 7. The summed E-state index contributed by atoms with van der Waals surface area (Å²) in [5.41, 5.74) is 4.97. The summed E-state index contributed by atoms with van der Waals surface area (Å²) in [6.45, 7) is 3.56. The molecule has 3 aromatic rings. The molecule has 10 nitrogen and oxygen atoms in total. The lowest BCUT2D eigenvalue weighted by atomic mass is 10.1. The van der Waals surface area contributed by atoms with Crippen molar-refractivity contribution in [2.24, 2.45) is 12.1 Å². The Morgan fingerprint density at radius 2 is 1.94 bits per heavy atom. The van der Waals surface area contributed by atoms with E-state index in [2.05, 4.69) is 10.5 Å². The molecule has 2 aromatic carbocycles. The molecule has 166 valence electrons. The molecular weight excluding hydrogens is 416 g/mol. The predicted octanol–water partition coefficient (Wildman–Crippen LogP) is 3.10. The van der Waals surface area contributed by atoms with Crippen LogP contribution in [0.1, 0.15) is 28.5 Å². The minimum Gasteiger partial charge on any atom is -0.484 e. The third-order valence-corrected chi connectivity index (χ3v) is 4.82. The van der Waals surface area contributed by atoms with E-state index in [1.807, 2.05) is 24.6 Å². The molecule has 0 saturated heterocycles. The van der Waals surface area contributed by atoms with Gasteiger partial charge in [0.15, 0.2) is 6.61 Å². The number of carbonyl (C=O) groups excluding carboxylic acids is 2. The van der Waals surface area contributed by atoms with Crippen molar-refractivity contribution in [1.82, 2.24) is 9.99 Å². The van der Waals surface area contributed by atoms with Crippen LogP contribution < -0.4 is 10.2 Å². The minimum absolute atomic E-state index is 0.0312. The molecule has 0 radical (unpaired) electrons. The second-order valence-electron chi connectivity index (χ2n) is 6.85. The molecule has 0 fully saturated rings. The third-order valence-electron chi connectivity index (χ3n) is 4.82. The fraction of sp³-hybridized carbons (Fsp3) is 0.227. The summed E-state index contributed by atoms with van der Waals surface area (Å²) in [5.74, 6) is -0.479. The molecule has 3 rings (SSSR count). The van der Waals surface area contributed by atoms with Gasteiger partial charge in [-0.2, -0.15) is 5.10 Å². The SMILES string of the molecule is CCOC(=O)c1c(C)n(C)c2ccc(OCC(=O)N/N=C\c3ccc([N+](=O)[O-])cc3)cc12. The lowest BCUT2D eigenvalue weighted by molar-refractivity contribution is -0.384. The summed E-state index contributed by atoms with van der Waals surface area (Å²) >= 11 is 0. The first-order chi connectivity index (χ1) is 15.3. The number of hydrazone groups is 1. The zero-order chi connectivity index (χ0) is 23.3. The van der Waals surface area contributed by atoms with Gasteiger partial charge in [0.1, 0.15) is 5.75 Å². The standard InChI is InChI=1S/C22H22N4O6/c1-4-31-22(28)21-14(2)25(3)19-10-9-17(11-18(19)21)32-13-20(27)24-23-12-15-5-7-16(8-6-15)26(29)30/h5-12H,4,13H2,1-3H3,(H,24,27)/b23-12-. The van der Waals surface area contributed by atoms with Gasteiger partial charge < -0.3 is 14.0 Å². The van der Waals surface area contributed by atoms with Gasteiger partial charge in [0, 0.05) is 35.8 Å². The van der Waals surface area contributed by atoms with Crippen LogP contribution in [0.4, 0.5) is 5.69 Å². The van der Waals surface area contributed by atoms with Gasteiger partial charge in [0.05, 0.1) is 23.3 Å². The number of esters is 1. The number of nitro groups is 1. The predicted molar refractivity (Wildman–Crippen MR) is 118 cm³/mol. The summed E-state index contributed by atoms with van der Waals surface area (Å²) < 4.78 is 12.6. The van der Waals surface area contributed by atoms with E-state index in [-0.39, 0.29) is 18.9 Å². The highest BCUT2D eigenvalue weighted by atomic mass is 16.6. The van der Waals surface area contributed by atoms with Gasteiger partial charge in [0.2, 0.25) is 0 Å². The van der Waals surface area contributed by atoms with Crippen LogP contribution in [0.2, 0.25) is 0 Å². The summed E-state index contributed by atoms with van der Waals surface area (Å²) in [4.78, 5) is 34.5. The molecule has 0 bridgehead atoms. The number of aromatic nitrogens is 1. The summed E-state index contributed by atoms with van der Waals surface area (Å²) in [7, 11) is 1.86. The number of nitrogens with zero attached hydrogens (tertiary/aromatic N) is 3. The van der Waals surface area contributed by atoms with Crippen molar-refractivity contribution in [2.75, 3.05) is 13.2 Å². The number of nitro benzene ring substituents is 1. The summed E-state index contributed by atoms with van der Waals surface area (Å²) in [5, 5.41) is 15.1. The van der Waals surface area contributed by atoms with Gasteiger partial charge in [-0.15, -0.1) is 0 Å². The minimum atomic E-state index is -0.496. The van der Waals surface area contributed by atoms with Crippen LogP contribution in [0.15, 0.2) is 47.6 Å². The van der Waals surface area contributed by atoms with Gasteiger partial charge in [-0.05, 0) is 49.7 Å². The van der Waals surface area contributed by atoms with E-state index in [0.29, 0.717) is 22.3 Å². The number of aryl methyl sites for hydroxylation is 1. The Morgan fingerprint density at radius 1 is 1.22 bits per heavy atom. The largest absolute Gasteiger partial charge is 0.484 e. The Hall–Kier alpha value is -4.21. The van der Waals surface area contributed by atoms with Crippen molar-refractivity contribution in [3.05, 3.63) is 69.4 Å². The number of amides is 1. The quantitative estimate of drug-likeness (QED) is 0.249. The first-order valence-electron chi connectivity index (χ1n) is 9.77. The van der Waals surface area contributed by atoms with Crippen LogP contribution in [0.25, 0.3) is 10.9 Å². The summed E-state index contributed by atoms with van der Waals surface area (Å²) in [6, 6.07) is 10.9. The number of rotatable bonds is 8. The van der Waals surface area contributed by atoms with Crippen molar-refractivity contribution in [2.45, 2.75) is 13.8 Å². The van der Waals surface area contributed by atoms with E-state index in [1.54, 1.807) is 19.1 Å². The van der Waals surface area contributed by atoms with E-state index in [0.717, 1.165) is 11.2 Å². The fourth-order valence-electron chi connectivity index (χ4n) is 3.14. The van der Waals surface area contributed by atoms with E-state index in [1.165, 1.54) is 30.5 Å². The molecule has 1 N–H and O–H groups in total. The molecule has 1 heterocycles. The first kappa shape index (κ1) is 22.5. The van der Waals surface area contributed by atoms with E-state index in [9.17, 15) is 19.7 Å². The maximum absolute atomic E-state index is 12.4. The molecule has 1 amide bonds. The van der Waals surface area contributed by atoms with Gasteiger partial charge in [-0.1, -0.05) is 0 Å². The normalized spacial score (nSPS) is 11.0. The number of ether oxygens (including phenoxy) is 2. The number of fused-ring (bicyclic) bond motifs is 1. The second-order valence-corrected chi connectivity index (χ2v) is 6.85. The topological polar surface area (TPSA) is 125 Å². The number of benzene rings is 2. The lowest BCUT2D eigenvalue weighted by Gasteiger charge is -2.06. The van der Waals surface area contributed by atoms with Crippen molar-refractivity contribution in [3.63, 3.8) is 0 Å². The molecule has 0 aliphatic rings. The Balaban J connectivity index is 1.64. The van der Waals surface area contributed by atoms with Crippen LogP contribution in [0.3, 0.4) is 0 Å². The average Bonchev–Trinajstić information content (AvgIpc) is 3.02. The summed E-state index contributed by atoms with van der Waals surface area (Å²) in [6.07, 6.45) is 1.37. The van der Waals surface area contributed by atoms with Crippen LogP contribution in [-0.4, -0.2) is 40.8 Å². The molecule has 0 atom stereocenters. The van der Waals surface area contributed by atoms with E-state index in [4.69, 9.17) is 9.47 Å². The molecule has 0 aliphatic heterocycles.